The van der Waals surface area contributed by atoms with E-state index in [0.717, 1.165) is 23.2 Å². The minimum Gasteiger partial charge on any atom is -0.348 e. The molecule has 0 aliphatic heterocycles. The fraction of sp³-hybridized carbons (Fsp3) is 0.240. The average Bonchev–Trinajstić information content (AvgIpc) is 3.09. The highest BCUT2D eigenvalue weighted by molar-refractivity contribution is 7.99. The van der Waals surface area contributed by atoms with Crippen LogP contribution >= 0.6 is 11.8 Å². The molecule has 3 nitrogen and oxygen atoms in total. The second kappa shape index (κ2) is 8.75. The highest BCUT2D eigenvalue weighted by Gasteiger charge is 2.12. The maximum atomic E-state index is 12.8. The first-order chi connectivity index (χ1) is 14.2. The maximum Gasteiger partial charge on any atom is 0.251 e. The molecule has 4 rings (SSSR count). The summed E-state index contributed by atoms with van der Waals surface area (Å²) in [6.07, 6.45) is 1.17. The van der Waals surface area contributed by atoms with Gasteiger partial charge in [-0.05, 0) is 61.1 Å². The predicted molar refractivity (Wildman–Crippen MR) is 124 cm³/mol. The normalized spacial score (nSPS) is 11.2. The van der Waals surface area contributed by atoms with Crippen molar-refractivity contribution in [1.29, 1.82) is 0 Å². The van der Waals surface area contributed by atoms with Gasteiger partial charge in [0.25, 0.3) is 5.91 Å². The Bertz CT molecular complexity index is 1140. The second-order valence-electron chi connectivity index (χ2n) is 7.17. The van der Waals surface area contributed by atoms with E-state index in [9.17, 15) is 4.79 Å². The number of aromatic nitrogens is 1. The van der Waals surface area contributed by atoms with Gasteiger partial charge in [0.1, 0.15) is 0 Å². The first kappa shape index (κ1) is 19.6. The Hall–Kier alpha value is -2.72. The highest BCUT2D eigenvalue weighted by Crippen LogP contribution is 2.29. The Balaban J connectivity index is 1.52. The first-order valence-electron chi connectivity index (χ1n) is 10.2. The molecule has 1 amide bonds. The largest absolute Gasteiger partial charge is 0.348 e. The molecule has 0 saturated carbocycles. The van der Waals surface area contributed by atoms with Crippen LogP contribution in [-0.2, 0) is 13.1 Å². The third-order valence-electron chi connectivity index (χ3n) is 5.20. The topological polar surface area (TPSA) is 34.0 Å². The van der Waals surface area contributed by atoms with Crippen molar-refractivity contribution in [3.63, 3.8) is 0 Å². The molecule has 0 radical (unpaired) electrons. The van der Waals surface area contributed by atoms with Crippen LogP contribution in [-0.4, -0.2) is 16.2 Å². The van der Waals surface area contributed by atoms with E-state index in [0.29, 0.717) is 12.1 Å². The molecule has 0 aliphatic rings. The number of amides is 1. The van der Waals surface area contributed by atoms with Gasteiger partial charge in [-0.1, -0.05) is 37.3 Å². The van der Waals surface area contributed by atoms with Crippen LogP contribution in [0.5, 0.6) is 0 Å². The standard InChI is InChI=1S/C25H26N2OS/c1-3-15-29-20-12-9-18(10-13-20)17-26-25(28)19-11-14-24-22(16-19)21-7-5-6-8-23(21)27(24)4-2/h5-14,16H,3-4,15,17H2,1-2H3,(H,26,28). The van der Waals surface area contributed by atoms with Crippen LogP contribution in [0.25, 0.3) is 21.8 Å². The van der Waals surface area contributed by atoms with E-state index < -0.39 is 0 Å². The van der Waals surface area contributed by atoms with Gasteiger partial charge in [-0.15, -0.1) is 11.8 Å². The van der Waals surface area contributed by atoms with Gasteiger partial charge in [-0.25, -0.2) is 0 Å². The number of nitrogens with zero attached hydrogens (tertiary/aromatic N) is 1. The van der Waals surface area contributed by atoms with E-state index in [-0.39, 0.29) is 5.91 Å². The van der Waals surface area contributed by atoms with Crippen molar-refractivity contribution in [3.05, 3.63) is 77.9 Å². The third kappa shape index (κ3) is 4.03. The van der Waals surface area contributed by atoms with Gasteiger partial charge in [0.05, 0.1) is 0 Å². The number of fused-ring (bicyclic) bond motifs is 3. The van der Waals surface area contributed by atoms with Gasteiger partial charge in [0, 0.05) is 45.4 Å². The fourth-order valence-electron chi connectivity index (χ4n) is 3.74. The van der Waals surface area contributed by atoms with Crippen LogP contribution in [0, 0.1) is 0 Å². The number of benzene rings is 3. The van der Waals surface area contributed by atoms with Crippen LogP contribution < -0.4 is 5.32 Å². The van der Waals surface area contributed by atoms with Crippen molar-refractivity contribution in [2.24, 2.45) is 0 Å². The highest BCUT2D eigenvalue weighted by atomic mass is 32.2. The number of nitrogens with one attached hydrogen (secondary N) is 1. The molecule has 0 saturated heterocycles. The monoisotopic (exact) mass is 402 g/mol. The minimum atomic E-state index is -0.0373. The Morgan fingerprint density at radius 2 is 1.69 bits per heavy atom. The summed E-state index contributed by atoms with van der Waals surface area (Å²) in [4.78, 5) is 14.0. The van der Waals surface area contributed by atoms with Crippen molar-refractivity contribution in [1.82, 2.24) is 9.88 Å². The molecule has 0 spiro atoms. The van der Waals surface area contributed by atoms with Gasteiger partial charge in [0.2, 0.25) is 0 Å². The van der Waals surface area contributed by atoms with Gasteiger partial charge < -0.3 is 9.88 Å². The zero-order chi connectivity index (χ0) is 20.2. The summed E-state index contributed by atoms with van der Waals surface area (Å²) < 4.78 is 2.30. The van der Waals surface area contributed by atoms with E-state index in [1.807, 2.05) is 23.9 Å². The molecule has 0 bridgehead atoms. The summed E-state index contributed by atoms with van der Waals surface area (Å²) in [7, 11) is 0. The quantitative estimate of drug-likeness (QED) is 0.371. The zero-order valence-corrected chi connectivity index (χ0v) is 17.8. The van der Waals surface area contributed by atoms with Gasteiger partial charge in [-0.3, -0.25) is 4.79 Å². The molecule has 1 aromatic heterocycles. The summed E-state index contributed by atoms with van der Waals surface area (Å²) in [5.41, 5.74) is 4.20. The summed E-state index contributed by atoms with van der Waals surface area (Å²) >= 11 is 1.87. The number of carbonyl (C=O) groups is 1. The summed E-state index contributed by atoms with van der Waals surface area (Å²) in [6.45, 7) is 5.78. The maximum absolute atomic E-state index is 12.8. The molecule has 4 heteroatoms. The molecule has 0 fully saturated rings. The van der Waals surface area contributed by atoms with Gasteiger partial charge >= 0.3 is 0 Å². The Labute approximate surface area is 176 Å². The molecule has 29 heavy (non-hydrogen) atoms. The molecule has 0 unspecified atom stereocenters. The Morgan fingerprint density at radius 3 is 2.45 bits per heavy atom. The smallest absolute Gasteiger partial charge is 0.251 e. The Kier molecular flexibility index (Phi) is 5.91. The zero-order valence-electron chi connectivity index (χ0n) is 16.9. The van der Waals surface area contributed by atoms with Crippen LogP contribution in [0.4, 0.5) is 0 Å². The van der Waals surface area contributed by atoms with E-state index in [2.05, 4.69) is 78.3 Å². The number of thioether (sulfide) groups is 1. The van der Waals surface area contributed by atoms with Gasteiger partial charge in [0.15, 0.2) is 0 Å². The van der Waals surface area contributed by atoms with Crippen molar-refractivity contribution < 1.29 is 4.79 Å². The lowest BCUT2D eigenvalue weighted by Crippen LogP contribution is -2.22. The number of para-hydroxylation sites is 1. The van der Waals surface area contributed by atoms with Crippen molar-refractivity contribution in [3.8, 4) is 0 Å². The second-order valence-corrected chi connectivity index (χ2v) is 8.34. The first-order valence-corrected chi connectivity index (χ1v) is 11.2. The van der Waals surface area contributed by atoms with Crippen LogP contribution in [0.15, 0.2) is 71.6 Å². The van der Waals surface area contributed by atoms with Crippen LogP contribution in [0.2, 0.25) is 0 Å². The third-order valence-corrected chi connectivity index (χ3v) is 6.42. The molecule has 1 N–H and O–H groups in total. The summed E-state index contributed by atoms with van der Waals surface area (Å²) in [6, 6.07) is 22.8. The molecule has 0 atom stereocenters. The predicted octanol–water partition coefficient (Wildman–Crippen LogP) is 6.25. The van der Waals surface area contributed by atoms with Crippen LogP contribution in [0.3, 0.4) is 0 Å². The lowest BCUT2D eigenvalue weighted by molar-refractivity contribution is 0.0951. The summed E-state index contributed by atoms with van der Waals surface area (Å²) in [5.74, 6) is 1.09. The van der Waals surface area contributed by atoms with E-state index in [1.165, 1.54) is 27.7 Å². The SMILES string of the molecule is CCCSc1ccc(CNC(=O)c2ccc3c(c2)c2ccccc2n3CC)cc1. The number of hydrogen-bond donors (Lipinski definition) is 1. The van der Waals surface area contributed by atoms with E-state index in [4.69, 9.17) is 0 Å². The number of rotatable bonds is 7. The molecular weight excluding hydrogens is 376 g/mol. The molecular formula is C25H26N2OS. The van der Waals surface area contributed by atoms with E-state index in [1.54, 1.807) is 0 Å². The number of carbonyl (C=O) groups excluding carboxylic acids is 1. The lowest BCUT2D eigenvalue weighted by atomic mass is 10.1. The average molecular weight is 403 g/mol. The molecule has 148 valence electrons. The minimum absolute atomic E-state index is 0.0373. The summed E-state index contributed by atoms with van der Waals surface area (Å²) in [5, 5.41) is 5.38. The van der Waals surface area contributed by atoms with Gasteiger partial charge in [-0.2, -0.15) is 0 Å². The number of aryl methyl sites for hydroxylation is 1. The fourth-order valence-corrected chi connectivity index (χ4v) is 4.51. The molecule has 1 heterocycles. The molecule has 4 aromatic rings. The van der Waals surface area contributed by atoms with Crippen molar-refractivity contribution >= 4 is 39.5 Å². The van der Waals surface area contributed by atoms with Crippen molar-refractivity contribution in [2.45, 2.75) is 38.3 Å². The van der Waals surface area contributed by atoms with Crippen molar-refractivity contribution in [2.75, 3.05) is 5.75 Å². The van der Waals surface area contributed by atoms with Crippen LogP contribution in [0.1, 0.15) is 36.2 Å². The van der Waals surface area contributed by atoms with E-state index >= 15 is 0 Å². The molecule has 0 aliphatic carbocycles. The Morgan fingerprint density at radius 1 is 0.931 bits per heavy atom. The molecule has 3 aromatic carbocycles. The number of hydrogen-bond acceptors (Lipinski definition) is 2. The lowest BCUT2D eigenvalue weighted by Gasteiger charge is -2.07.